The number of benzene rings is 2. The summed E-state index contributed by atoms with van der Waals surface area (Å²) in [6.45, 7) is 0. The number of hydrogen-bond donors (Lipinski definition) is 2. The number of aromatic hydroxyl groups is 1. The first-order valence-corrected chi connectivity index (χ1v) is 9.59. The number of phenolic OH excluding ortho intramolecular Hbond substituents is 1. The van der Waals surface area contributed by atoms with Crippen LogP contribution < -0.4 is 4.72 Å². The average molecular weight is 399 g/mol. The molecule has 1 aliphatic rings. The molecule has 0 amide bonds. The lowest BCUT2D eigenvalue weighted by atomic mass is 9.79. The molecule has 27 heavy (non-hydrogen) atoms. The van der Waals surface area contributed by atoms with Crippen molar-refractivity contribution in [1.82, 2.24) is 0 Å². The summed E-state index contributed by atoms with van der Waals surface area (Å²) in [4.78, 5) is 12.6. The second-order valence-corrected chi connectivity index (χ2v) is 8.07. The number of anilines is 1. The first kappa shape index (κ1) is 19.2. The molecule has 0 bridgehead atoms. The molecule has 1 aliphatic carbocycles. The zero-order valence-corrected chi connectivity index (χ0v) is 14.8. The molecule has 9 heteroatoms. The first-order valence-electron chi connectivity index (χ1n) is 8.11. The Kier molecular flexibility index (Phi) is 4.90. The van der Waals surface area contributed by atoms with Gasteiger partial charge in [0.05, 0.1) is 0 Å². The van der Waals surface area contributed by atoms with Crippen LogP contribution >= 0.6 is 0 Å². The van der Waals surface area contributed by atoms with Crippen LogP contribution in [0.4, 0.5) is 18.9 Å². The minimum absolute atomic E-state index is 0.00805. The van der Waals surface area contributed by atoms with Gasteiger partial charge in [-0.3, -0.25) is 9.52 Å². The van der Waals surface area contributed by atoms with Gasteiger partial charge in [0, 0.05) is 17.2 Å². The van der Waals surface area contributed by atoms with Crippen molar-refractivity contribution in [2.24, 2.45) is 5.92 Å². The Morgan fingerprint density at radius 2 is 1.89 bits per heavy atom. The van der Waals surface area contributed by atoms with Gasteiger partial charge in [0.25, 0.3) is 0 Å². The van der Waals surface area contributed by atoms with E-state index >= 15 is 0 Å². The highest BCUT2D eigenvalue weighted by Crippen LogP contribution is 2.31. The van der Waals surface area contributed by atoms with Gasteiger partial charge in [-0.2, -0.15) is 21.6 Å². The number of hydrogen-bond acceptors (Lipinski definition) is 4. The Hall–Kier alpha value is -2.55. The van der Waals surface area contributed by atoms with E-state index in [9.17, 15) is 31.5 Å². The van der Waals surface area contributed by atoms with Crippen molar-refractivity contribution in [2.45, 2.75) is 24.8 Å². The van der Waals surface area contributed by atoms with Gasteiger partial charge in [-0.25, -0.2) is 0 Å². The fraction of sp³-hybridized carbons (Fsp3) is 0.278. The summed E-state index contributed by atoms with van der Waals surface area (Å²) < 4.78 is 61.5. The lowest BCUT2D eigenvalue weighted by Gasteiger charge is -2.23. The van der Waals surface area contributed by atoms with Crippen molar-refractivity contribution < 1.29 is 31.5 Å². The molecule has 0 aromatic heterocycles. The molecule has 0 saturated heterocycles. The zero-order chi connectivity index (χ0) is 19.8. The number of halogens is 3. The van der Waals surface area contributed by atoms with E-state index in [-0.39, 0.29) is 23.6 Å². The van der Waals surface area contributed by atoms with Crippen molar-refractivity contribution in [3.8, 4) is 5.75 Å². The predicted octanol–water partition coefficient (Wildman–Crippen LogP) is 3.64. The number of carbonyl (C=O) groups excluding carboxylic acids is 1. The highest BCUT2D eigenvalue weighted by Gasteiger charge is 2.46. The Morgan fingerprint density at radius 1 is 1.15 bits per heavy atom. The summed E-state index contributed by atoms with van der Waals surface area (Å²) in [5.41, 5.74) is -3.79. The van der Waals surface area contributed by atoms with Crippen LogP contribution in [0, 0.1) is 5.92 Å². The third kappa shape index (κ3) is 4.08. The Labute approximate surface area is 153 Å². The molecule has 1 atom stereocenters. The zero-order valence-electron chi connectivity index (χ0n) is 14.0. The highest BCUT2D eigenvalue weighted by atomic mass is 32.2. The van der Waals surface area contributed by atoms with E-state index in [4.69, 9.17) is 0 Å². The van der Waals surface area contributed by atoms with Crippen LogP contribution in [0.25, 0.3) is 0 Å². The van der Waals surface area contributed by atoms with E-state index in [1.165, 1.54) is 35.1 Å². The number of alkyl halides is 3. The van der Waals surface area contributed by atoms with Crippen molar-refractivity contribution >= 4 is 21.5 Å². The van der Waals surface area contributed by atoms with E-state index in [1.807, 2.05) is 0 Å². The summed E-state index contributed by atoms with van der Waals surface area (Å²) >= 11 is 0. The monoisotopic (exact) mass is 399 g/mol. The van der Waals surface area contributed by atoms with Crippen LogP contribution in [-0.4, -0.2) is 24.8 Å². The molecule has 0 spiro atoms. The molecule has 2 aromatic rings. The summed E-state index contributed by atoms with van der Waals surface area (Å²) in [6, 6.07) is 10.2. The number of nitrogens with one attached hydrogen (secondary N) is 1. The number of ketones is 1. The molecule has 0 radical (unpaired) electrons. The summed E-state index contributed by atoms with van der Waals surface area (Å²) in [5.74, 6) is -0.548. The molecule has 1 unspecified atom stereocenters. The van der Waals surface area contributed by atoms with Gasteiger partial charge in [0.2, 0.25) is 0 Å². The van der Waals surface area contributed by atoms with E-state index < -0.39 is 21.4 Å². The molecule has 5 nitrogen and oxygen atoms in total. The molecule has 144 valence electrons. The summed E-state index contributed by atoms with van der Waals surface area (Å²) in [5, 5.41) is 9.58. The fourth-order valence-electron chi connectivity index (χ4n) is 3.15. The van der Waals surface area contributed by atoms with Crippen molar-refractivity contribution in [1.29, 1.82) is 0 Å². The largest absolute Gasteiger partial charge is 0.516 e. The molecule has 0 heterocycles. The molecule has 2 aromatic carbocycles. The average Bonchev–Trinajstić information content (AvgIpc) is 2.57. The third-order valence-corrected chi connectivity index (χ3v) is 5.57. The van der Waals surface area contributed by atoms with E-state index in [1.54, 1.807) is 12.1 Å². The van der Waals surface area contributed by atoms with Gasteiger partial charge in [0.15, 0.2) is 5.78 Å². The minimum atomic E-state index is -5.50. The molecule has 0 saturated carbocycles. The van der Waals surface area contributed by atoms with Gasteiger partial charge in [-0.15, -0.1) is 0 Å². The van der Waals surface area contributed by atoms with Crippen LogP contribution in [0.3, 0.4) is 0 Å². The predicted molar refractivity (Wildman–Crippen MR) is 93.0 cm³/mol. The summed E-state index contributed by atoms with van der Waals surface area (Å²) in [7, 11) is -5.50. The topological polar surface area (TPSA) is 83.5 Å². The second kappa shape index (κ2) is 6.88. The van der Waals surface area contributed by atoms with E-state index in [0.29, 0.717) is 24.0 Å². The van der Waals surface area contributed by atoms with Crippen LogP contribution in [0.2, 0.25) is 0 Å². The number of phenols is 1. The molecular weight excluding hydrogens is 383 g/mol. The first-order chi connectivity index (χ1) is 12.6. The number of rotatable bonds is 4. The lowest BCUT2D eigenvalue weighted by molar-refractivity contribution is -0.0429. The molecule has 0 fully saturated rings. The van der Waals surface area contributed by atoms with E-state index in [2.05, 4.69) is 0 Å². The fourth-order valence-corrected chi connectivity index (χ4v) is 3.70. The standard InChI is InChI=1S/C18H16F3NO4S/c19-18(20,21)27(25,26)22-14-3-1-2-11(9-14)8-13-5-4-12-6-7-15(23)10-16(12)17(13)24/h1-3,6-7,9-10,13,22-23H,4-5,8H2. The molecular formula is C18H16F3NO4S. The van der Waals surface area contributed by atoms with Crippen LogP contribution in [-0.2, 0) is 22.9 Å². The number of fused-ring (bicyclic) bond motifs is 1. The number of Topliss-reactive ketones (excluding diaryl/α,β-unsaturated/α-hetero) is 1. The maximum absolute atomic E-state index is 12.6. The van der Waals surface area contributed by atoms with Crippen LogP contribution in [0.1, 0.15) is 27.9 Å². The second-order valence-electron chi connectivity index (χ2n) is 6.40. The number of aryl methyl sites for hydroxylation is 1. The smallest absolute Gasteiger partial charge is 0.508 e. The van der Waals surface area contributed by atoms with Crippen LogP contribution in [0.5, 0.6) is 5.75 Å². The quantitative estimate of drug-likeness (QED) is 0.822. The molecule has 2 N–H and O–H groups in total. The van der Waals surface area contributed by atoms with Gasteiger partial charge < -0.3 is 5.11 Å². The van der Waals surface area contributed by atoms with Gasteiger partial charge >= 0.3 is 15.5 Å². The summed E-state index contributed by atoms with van der Waals surface area (Å²) in [6.07, 6.45) is 1.47. The number of carbonyl (C=O) groups is 1. The van der Waals surface area contributed by atoms with Crippen LogP contribution in [0.15, 0.2) is 42.5 Å². The third-order valence-electron chi connectivity index (χ3n) is 4.46. The van der Waals surface area contributed by atoms with Gasteiger partial charge in [0.1, 0.15) is 5.75 Å². The Bertz CT molecular complexity index is 986. The maximum atomic E-state index is 12.6. The Morgan fingerprint density at radius 3 is 2.59 bits per heavy atom. The minimum Gasteiger partial charge on any atom is -0.508 e. The SMILES string of the molecule is O=C1c2cc(O)ccc2CCC1Cc1cccc(NS(=O)(=O)C(F)(F)F)c1. The highest BCUT2D eigenvalue weighted by molar-refractivity contribution is 7.93. The molecule has 0 aliphatic heterocycles. The van der Waals surface area contributed by atoms with Crippen molar-refractivity contribution in [3.05, 3.63) is 59.2 Å². The normalized spacial score (nSPS) is 17.4. The Balaban J connectivity index is 1.78. The van der Waals surface area contributed by atoms with E-state index in [0.717, 1.165) is 5.56 Å². The van der Waals surface area contributed by atoms with Crippen molar-refractivity contribution in [2.75, 3.05) is 4.72 Å². The lowest BCUT2D eigenvalue weighted by Crippen LogP contribution is -2.30. The van der Waals surface area contributed by atoms with Crippen molar-refractivity contribution in [3.63, 3.8) is 0 Å². The molecule has 3 rings (SSSR count). The number of sulfonamides is 1. The maximum Gasteiger partial charge on any atom is 0.516 e. The van der Waals surface area contributed by atoms with Gasteiger partial charge in [-0.1, -0.05) is 18.2 Å². The van der Waals surface area contributed by atoms with Gasteiger partial charge in [-0.05, 0) is 54.7 Å².